The van der Waals surface area contributed by atoms with Crippen molar-refractivity contribution >= 4 is 12.2 Å². The number of rotatable bonds is 5. The van der Waals surface area contributed by atoms with Gasteiger partial charge in [0.05, 0.1) is 13.5 Å². The molecule has 0 unspecified atom stereocenters. The Morgan fingerprint density at radius 1 is 0.957 bits per heavy atom. The molecule has 0 atom stereocenters. The first-order valence-corrected chi connectivity index (χ1v) is 7.43. The SMILES string of the molecule is COc1ccc(Cc2nnc(/C=C\c3ccc(C)cc3)o2)cc1. The fourth-order valence-electron chi connectivity index (χ4n) is 2.17. The van der Waals surface area contributed by atoms with Gasteiger partial charge in [-0.25, -0.2) is 0 Å². The maximum Gasteiger partial charge on any atom is 0.240 e. The van der Waals surface area contributed by atoms with Crippen LogP contribution in [0.5, 0.6) is 5.75 Å². The Morgan fingerprint density at radius 3 is 2.39 bits per heavy atom. The molecule has 23 heavy (non-hydrogen) atoms. The van der Waals surface area contributed by atoms with Crippen LogP contribution in [0, 0.1) is 6.92 Å². The molecule has 0 fully saturated rings. The Morgan fingerprint density at radius 2 is 1.70 bits per heavy atom. The van der Waals surface area contributed by atoms with Crippen LogP contribution in [0.4, 0.5) is 0 Å². The number of ether oxygens (including phenoxy) is 1. The quantitative estimate of drug-likeness (QED) is 0.710. The van der Waals surface area contributed by atoms with E-state index in [2.05, 4.69) is 41.4 Å². The predicted octanol–water partition coefficient (Wildman–Crippen LogP) is 4.15. The van der Waals surface area contributed by atoms with Gasteiger partial charge in [0.2, 0.25) is 11.8 Å². The highest BCUT2D eigenvalue weighted by Crippen LogP contribution is 2.15. The van der Waals surface area contributed by atoms with E-state index in [1.807, 2.05) is 36.4 Å². The van der Waals surface area contributed by atoms with Gasteiger partial charge in [0, 0.05) is 6.08 Å². The van der Waals surface area contributed by atoms with Crippen LogP contribution in [-0.2, 0) is 6.42 Å². The van der Waals surface area contributed by atoms with Crippen molar-refractivity contribution in [1.29, 1.82) is 0 Å². The topological polar surface area (TPSA) is 48.2 Å². The predicted molar refractivity (Wildman–Crippen MR) is 90.2 cm³/mol. The smallest absolute Gasteiger partial charge is 0.240 e. The van der Waals surface area contributed by atoms with Crippen LogP contribution in [0.15, 0.2) is 52.9 Å². The van der Waals surface area contributed by atoms with Crippen molar-refractivity contribution in [2.24, 2.45) is 0 Å². The van der Waals surface area contributed by atoms with Gasteiger partial charge in [-0.2, -0.15) is 0 Å². The van der Waals surface area contributed by atoms with E-state index in [-0.39, 0.29) is 0 Å². The average Bonchev–Trinajstić information content (AvgIpc) is 3.02. The zero-order valence-electron chi connectivity index (χ0n) is 13.2. The van der Waals surface area contributed by atoms with Crippen LogP contribution in [-0.4, -0.2) is 17.3 Å². The van der Waals surface area contributed by atoms with Gasteiger partial charge in [-0.05, 0) is 36.3 Å². The number of hydrogen-bond donors (Lipinski definition) is 0. The van der Waals surface area contributed by atoms with E-state index < -0.39 is 0 Å². The molecule has 4 heteroatoms. The van der Waals surface area contributed by atoms with E-state index in [1.54, 1.807) is 7.11 Å². The molecule has 0 saturated heterocycles. The summed E-state index contributed by atoms with van der Waals surface area (Å²) in [5.74, 6) is 1.94. The van der Waals surface area contributed by atoms with Crippen LogP contribution in [0.2, 0.25) is 0 Å². The molecule has 2 aromatic carbocycles. The molecule has 0 N–H and O–H groups in total. The third kappa shape index (κ3) is 4.07. The normalized spacial score (nSPS) is 11.0. The van der Waals surface area contributed by atoms with E-state index in [4.69, 9.17) is 9.15 Å². The van der Waals surface area contributed by atoms with Crippen LogP contribution < -0.4 is 4.74 Å². The summed E-state index contributed by atoms with van der Waals surface area (Å²) in [6.45, 7) is 2.07. The Kier molecular flexibility index (Phi) is 4.52. The lowest BCUT2D eigenvalue weighted by atomic mass is 10.1. The minimum absolute atomic E-state index is 0.508. The first kappa shape index (κ1) is 15.0. The van der Waals surface area contributed by atoms with Crippen LogP contribution in [0.25, 0.3) is 12.2 Å². The summed E-state index contributed by atoms with van der Waals surface area (Å²) in [5, 5.41) is 8.13. The molecule has 0 amide bonds. The summed E-state index contributed by atoms with van der Waals surface area (Å²) in [5.41, 5.74) is 3.44. The van der Waals surface area contributed by atoms with Gasteiger partial charge in [0.1, 0.15) is 5.75 Å². The Labute approximate surface area is 135 Å². The van der Waals surface area contributed by atoms with Gasteiger partial charge in [0.25, 0.3) is 0 Å². The molecule has 0 saturated carbocycles. The fraction of sp³-hybridized carbons (Fsp3) is 0.158. The van der Waals surface area contributed by atoms with E-state index >= 15 is 0 Å². The Hall–Kier alpha value is -2.88. The number of benzene rings is 2. The van der Waals surface area contributed by atoms with Crippen molar-refractivity contribution in [3.8, 4) is 5.75 Å². The number of hydrogen-bond acceptors (Lipinski definition) is 4. The van der Waals surface area contributed by atoms with Crippen LogP contribution >= 0.6 is 0 Å². The summed E-state index contributed by atoms with van der Waals surface area (Å²) in [4.78, 5) is 0. The summed E-state index contributed by atoms with van der Waals surface area (Å²) < 4.78 is 10.8. The zero-order chi connectivity index (χ0) is 16.1. The molecule has 0 aliphatic rings. The monoisotopic (exact) mass is 306 g/mol. The first-order chi connectivity index (χ1) is 11.2. The minimum Gasteiger partial charge on any atom is -0.497 e. The number of methoxy groups -OCH3 is 1. The molecular weight excluding hydrogens is 288 g/mol. The summed E-state index contributed by atoms with van der Waals surface area (Å²) >= 11 is 0. The fourth-order valence-corrected chi connectivity index (χ4v) is 2.17. The molecule has 0 bridgehead atoms. The highest BCUT2D eigenvalue weighted by atomic mass is 16.5. The summed E-state index contributed by atoms with van der Waals surface area (Å²) in [7, 11) is 1.65. The Bertz CT molecular complexity index is 787. The molecule has 0 radical (unpaired) electrons. The average molecular weight is 306 g/mol. The summed E-state index contributed by atoms with van der Waals surface area (Å²) in [6, 6.07) is 16.1. The van der Waals surface area contributed by atoms with Crippen molar-refractivity contribution in [2.75, 3.05) is 7.11 Å². The van der Waals surface area contributed by atoms with E-state index in [1.165, 1.54) is 5.56 Å². The molecule has 3 aromatic rings. The second-order valence-corrected chi connectivity index (χ2v) is 5.30. The third-order valence-electron chi connectivity index (χ3n) is 3.49. The van der Waals surface area contributed by atoms with Gasteiger partial charge in [-0.1, -0.05) is 42.0 Å². The molecule has 3 rings (SSSR count). The van der Waals surface area contributed by atoms with Gasteiger partial charge in [-0.3, -0.25) is 0 Å². The molecular formula is C19H18N2O2. The van der Waals surface area contributed by atoms with Gasteiger partial charge in [-0.15, -0.1) is 10.2 Å². The molecule has 0 aliphatic heterocycles. The van der Waals surface area contributed by atoms with Crippen molar-refractivity contribution in [3.63, 3.8) is 0 Å². The zero-order valence-corrected chi connectivity index (χ0v) is 13.2. The van der Waals surface area contributed by atoms with Crippen molar-refractivity contribution in [3.05, 3.63) is 77.0 Å². The van der Waals surface area contributed by atoms with Crippen molar-refractivity contribution < 1.29 is 9.15 Å². The van der Waals surface area contributed by atoms with Crippen molar-refractivity contribution in [2.45, 2.75) is 13.3 Å². The van der Waals surface area contributed by atoms with Crippen LogP contribution in [0.1, 0.15) is 28.5 Å². The molecule has 116 valence electrons. The standard InChI is InChI=1S/C19H18N2O2/c1-14-3-5-15(6-4-14)9-12-18-20-21-19(23-18)13-16-7-10-17(22-2)11-8-16/h3-12H,13H2,1-2H3/b12-9-. The highest BCUT2D eigenvalue weighted by molar-refractivity contribution is 5.65. The van der Waals surface area contributed by atoms with Gasteiger partial charge in [0.15, 0.2) is 0 Å². The maximum atomic E-state index is 5.65. The first-order valence-electron chi connectivity index (χ1n) is 7.43. The molecule has 1 aromatic heterocycles. The largest absolute Gasteiger partial charge is 0.497 e. The third-order valence-corrected chi connectivity index (χ3v) is 3.49. The lowest BCUT2D eigenvalue weighted by Crippen LogP contribution is -1.89. The number of nitrogens with zero attached hydrogens (tertiary/aromatic N) is 2. The van der Waals surface area contributed by atoms with Crippen molar-refractivity contribution in [1.82, 2.24) is 10.2 Å². The lowest BCUT2D eigenvalue weighted by molar-refractivity contribution is 0.414. The molecule has 1 heterocycles. The number of aryl methyl sites for hydroxylation is 1. The molecule has 0 aliphatic carbocycles. The van der Waals surface area contributed by atoms with Gasteiger partial charge < -0.3 is 9.15 Å². The molecule has 4 nitrogen and oxygen atoms in total. The summed E-state index contributed by atoms with van der Waals surface area (Å²) in [6.07, 6.45) is 4.40. The second-order valence-electron chi connectivity index (χ2n) is 5.30. The van der Waals surface area contributed by atoms with E-state index in [9.17, 15) is 0 Å². The lowest BCUT2D eigenvalue weighted by Gasteiger charge is -2.00. The molecule has 0 spiro atoms. The Balaban J connectivity index is 1.66. The highest BCUT2D eigenvalue weighted by Gasteiger charge is 2.05. The van der Waals surface area contributed by atoms with E-state index in [0.29, 0.717) is 18.2 Å². The minimum atomic E-state index is 0.508. The number of aromatic nitrogens is 2. The van der Waals surface area contributed by atoms with Crippen LogP contribution in [0.3, 0.4) is 0 Å². The maximum absolute atomic E-state index is 5.65. The second kappa shape index (κ2) is 6.92. The van der Waals surface area contributed by atoms with Gasteiger partial charge >= 0.3 is 0 Å². The van der Waals surface area contributed by atoms with E-state index in [0.717, 1.165) is 16.9 Å².